The van der Waals surface area contributed by atoms with Crippen LogP contribution in [0.1, 0.15) is 24.8 Å². The van der Waals surface area contributed by atoms with Crippen molar-refractivity contribution in [2.75, 3.05) is 20.2 Å². The van der Waals surface area contributed by atoms with E-state index in [-0.39, 0.29) is 10.8 Å². The molecule has 3 rings (SSSR count). The maximum absolute atomic E-state index is 13.0. The molecule has 1 aliphatic rings. The second kappa shape index (κ2) is 9.21. The summed E-state index contributed by atoms with van der Waals surface area (Å²) >= 11 is 0. The Labute approximate surface area is 166 Å². The standard InChI is InChI=1S/C21H26N2O4S/c1-27-20-13-6-5-9-17(20)14-15-22-21(24)19-12-7-8-16-23(19)28(25,26)18-10-3-2-4-11-18/h2-6,9-11,13,19H,7-8,12,14-16H2,1H3,(H,22,24). The van der Waals surface area contributed by atoms with Gasteiger partial charge in [0.25, 0.3) is 0 Å². The molecule has 1 atom stereocenters. The van der Waals surface area contributed by atoms with Crippen molar-refractivity contribution < 1.29 is 17.9 Å². The molecular weight excluding hydrogens is 376 g/mol. The van der Waals surface area contributed by atoms with Crippen molar-refractivity contribution in [3.05, 3.63) is 60.2 Å². The van der Waals surface area contributed by atoms with Crippen LogP contribution in [0.25, 0.3) is 0 Å². The number of rotatable bonds is 7. The second-order valence-corrected chi connectivity index (χ2v) is 8.68. The van der Waals surface area contributed by atoms with Crippen molar-refractivity contribution >= 4 is 15.9 Å². The van der Waals surface area contributed by atoms with E-state index in [0.717, 1.165) is 24.2 Å². The number of amides is 1. The molecule has 0 aromatic heterocycles. The lowest BCUT2D eigenvalue weighted by Crippen LogP contribution is -2.52. The monoisotopic (exact) mass is 402 g/mol. The van der Waals surface area contributed by atoms with E-state index in [1.54, 1.807) is 37.4 Å². The van der Waals surface area contributed by atoms with Gasteiger partial charge in [0.15, 0.2) is 0 Å². The van der Waals surface area contributed by atoms with E-state index in [1.807, 2.05) is 24.3 Å². The third-order valence-corrected chi connectivity index (χ3v) is 6.91. The van der Waals surface area contributed by atoms with Crippen molar-refractivity contribution in [2.45, 2.75) is 36.6 Å². The molecule has 0 aliphatic carbocycles. The molecule has 0 radical (unpaired) electrons. The predicted octanol–water partition coefficient (Wildman–Crippen LogP) is 2.60. The van der Waals surface area contributed by atoms with Crippen LogP contribution in [-0.4, -0.2) is 44.9 Å². The Balaban J connectivity index is 1.67. The highest BCUT2D eigenvalue weighted by Crippen LogP contribution is 2.25. The smallest absolute Gasteiger partial charge is 0.243 e. The molecule has 2 aromatic carbocycles. The average molecular weight is 403 g/mol. The number of para-hydroxylation sites is 1. The third-order valence-electron chi connectivity index (χ3n) is 4.99. The molecule has 1 aliphatic heterocycles. The van der Waals surface area contributed by atoms with Gasteiger partial charge in [-0.25, -0.2) is 8.42 Å². The van der Waals surface area contributed by atoms with Crippen molar-refractivity contribution in [1.82, 2.24) is 9.62 Å². The highest BCUT2D eigenvalue weighted by atomic mass is 32.2. The van der Waals surface area contributed by atoms with Crippen LogP contribution in [0.15, 0.2) is 59.5 Å². The first-order chi connectivity index (χ1) is 13.5. The molecule has 0 bridgehead atoms. The van der Waals surface area contributed by atoms with E-state index in [9.17, 15) is 13.2 Å². The zero-order valence-corrected chi connectivity index (χ0v) is 16.8. The summed E-state index contributed by atoms with van der Waals surface area (Å²) in [5.41, 5.74) is 1.00. The fourth-order valence-electron chi connectivity index (χ4n) is 3.53. The Morgan fingerprint density at radius 2 is 1.82 bits per heavy atom. The third kappa shape index (κ3) is 4.54. The second-order valence-electron chi connectivity index (χ2n) is 6.79. The van der Waals surface area contributed by atoms with Gasteiger partial charge in [-0.05, 0) is 43.0 Å². The predicted molar refractivity (Wildman–Crippen MR) is 108 cm³/mol. The Morgan fingerprint density at radius 1 is 1.11 bits per heavy atom. The summed E-state index contributed by atoms with van der Waals surface area (Å²) in [5, 5.41) is 2.91. The fraction of sp³-hybridized carbons (Fsp3) is 0.381. The van der Waals surface area contributed by atoms with E-state index >= 15 is 0 Å². The number of nitrogens with one attached hydrogen (secondary N) is 1. The molecule has 1 N–H and O–H groups in total. The van der Waals surface area contributed by atoms with E-state index in [4.69, 9.17) is 4.74 Å². The van der Waals surface area contributed by atoms with Gasteiger partial charge in [-0.15, -0.1) is 0 Å². The zero-order valence-electron chi connectivity index (χ0n) is 16.0. The highest BCUT2D eigenvalue weighted by Gasteiger charge is 2.37. The van der Waals surface area contributed by atoms with Gasteiger partial charge in [0.05, 0.1) is 12.0 Å². The maximum Gasteiger partial charge on any atom is 0.243 e. The number of carbonyl (C=O) groups is 1. The van der Waals surface area contributed by atoms with Crippen LogP contribution in [-0.2, 0) is 21.2 Å². The van der Waals surface area contributed by atoms with Crippen molar-refractivity contribution in [3.63, 3.8) is 0 Å². The summed E-state index contributed by atoms with van der Waals surface area (Å²) in [4.78, 5) is 13.0. The largest absolute Gasteiger partial charge is 0.496 e. The minimum absolute atomic E-state index is 0.226. The molecule has 28 heavy (non-hydrogen) atoms. The molecule has 7 heteroatoms. The summed E-state index contributed by atoms with van der Waals surface area (Å²) < 4.78 is 32.7. The van der Waals surface area contributed by atoms with Crippen LogP contribution in [0, 0.1) is 0 Å². The number of carbonyl (C=O) groups excluding carboxylic acids is 1. The Bertz CT molecular complexity index is 900. The number of methoxy groups -OCH3 is 1. The average Bonchev–Trinajstić information content (AvgIpc) is 2.74. The Morgan fingerprint density at radius 3 is 2.57 bits per heavy atom. The zero-order chi connectivity index (χ0) is 20.0. The summed E-state index contributed by atoms with van der Waals surface area (Å²) in [6.45, 7) is 0.788. The molecule has 0 spiro atoms. The number of benzene rings is 2. The van der Waals surface area contributed by atoms with Crippen LogP contribution in [0.5, 0.6) is 5.75 Å². The Hall–Kier alpha value is -2.38. The molecule has 1 saturated heterocycles. The van der Waals surface area contributed by atoms with Crippen molar-refractivity contribution in [2.24, 2.45) is 0 Å². The Kier molecular flexibility index (Phi) is 6.70. The molecule has 0 saturated carbocycles. The lowest BCUT2D eigenvalue weighted by atomic mass is 10.0. The summed E-state index contributed by atoms with van der Waals surface area (Å²) in [6, 6.07) is 15.3. The van der Waals surface area contributed by atoms with E-state index in [2.05, 4.69) is 5.32 Å². The number of hydrogen-bond donors (Lipinski definition) is 1. The van der Waals surface area contributed by atoms with Crippen molar-refractivity contribution in [1.29, 1.82) is 0 Å². The van der Waals surface area contributed by atoms with Gasteiger partial charge in [-0.3, -0.25) is 4.79 Å². The number of nitrogens with zero attached hydrogens (tertiary/aromatic N) is 1. The highest BCUT2D eigenvalue weighted by molar-refractivity contribution is 7.89. The van der Waals surface area contributed by atoms with Gasteiger partial charge in [0.1, 0.15) is 11.8 Å². The first-order valence-corrected chi connectivity index (χ1v) is 10.9. The molecule has 1 unspecified atom stereocenters. The number of ether oxygens (including phenoxy) is 1. The van der Waals surface area contributed by atoms with E-state index in [1.165, 1.54) is 4.31 Å². The van der Waals surface area contributed by atoms with E-state index < -0.39 is 16.1 Å². The number of piperidine rings is 1. The molecule has 1 heterocycles. The summed E-state index contributed by atoms with van der Waals surface area (Å²) in [5.74, 6) is 0.539. The summed E-state index contributed by atoms with van der Waals surface area (Å²) in [7, 11) is -2.07. The van der Waals surface area contributed by atoms with Crippen LogP contribution in [0.3, 0.4) is 0 Å². The quantitative estimate of drug-likeness (QED) is 0.772. The topological polar surface area (TPSA) is 75.7 Å². The molecule has 6 nitrogen and oxygen atoms in total. The van der Waals surface area contributed by atoms with Gasteiger partial charge < -0.3 is 10.1 Å². The van der Waals surface area contributed by atoms with Gasteiger partial charge in [-0.1, -0.05) is 42.8 Å². The van der Waals surface area contributed by atoms with Gasteiger partial charge in [0.2, 0.25) is 15.9 Å². The molecule has 150 valence electrons. The molecule has 1 amide bonds. The first kappa shape index (κ1) is 20.4. The molecule has 1 fully saturated rings. The lowest BCUT2D eigenvalue weighted by Gasteiger charge is -2.33. The lowest BCUT2D eigenvalue weighted by molar-refractivity contribution is -0.125. The maximum atomic E-state index is 13.0. The van der Waals surface area contributed by atoms with Gasteiger partial charge in [0, 0.05) is 13.1 Å². The first-order valence-electron chi connectivity index (χ1n) is 9.50. The minimum Gasteiger partial charge on any atom is -0.496 e. The van der Waals surface area contributed by atoms with Gasteiger partial charge in [-0.2, -0.15) is 4.31 Å². The fourth-order valence-corrected chi connectivity index (χ4v) is 5.21. The minimum atomic E-state index is -3.69. The molecule has 2 aromatic rings. The molecular formula is C21H26N2O4S. The van der Waals surface area contributed by atoms with Crippen LogP contribution in [0.4, 0.5) is 0 Å². The van der Waals surface area contributed by atoms with Crippen molar-refractivity contribution in [3.8, 4) is 5.75 Å². The SMILES string of the molecule is COc1ccccc1CCNC(=O)C1CCCCN1S(=O)(=O)c1ccccc1. The number of sulfonamides is 1. The van der Waals surface area contributed by atoms with Crippen LogP contribution >= 0.6 is 0 Å². The van der Waals surface area contributed by atoms with Gasteiger partial charge >= 0.3 is 0 Å². The number of hydrogen-bond acceptors (Lipinski definition) is 4. The van der Waals surface area contributed by atoms with Crippen LogP contribution < -0.4 is 10.1 Å². The normalized spacial score (nSPS) is 17.8. The van der Waals surface area contributed by atoms with Crippen LogP contribution in [0.2, 0.25) is 0 Å². The summed E-state index contributed by atoms with van der Waals surface area (Å²) in [6.07, 6.45) is 2.75. The van der Waals surface area contributed by atoms with E-state index in [0.29, 0.717) is 25.9 Å².